The zero-order valence-corrected chi connectivity index (χ0v) is 12.5. The van der Waals surface area contributed by atoms with Gasteiger partial charge in [0, 0.05) is 19.5 Å². The molecule has 17 heavy (non-hydrogen) atoms. The van der Waals surface area contributed by atoms with Crippen LogP contribution in [0.4, 0.5) is 4.39 Å². The van der Waals surface area contributed by atoms with Gasteiger partial charge in [-0.3, -0.25) is 4.68 Å². The second kappa shape index (κ2) is 5.48. The lowest BCUT2D eigenvalue weighted by Crippen LogP contribution is -2.41. The van der Waals surface area contributed by atoms with Crippen LogP contribution in [0.15, 0.2) is 4.47 Å². The number of aromatic nitrogens is 2. The molecule has 0 saturated carbocycles. The minimum atomic E-state index is -1.37. The third-order valence-corrected chi connectivity index (χ3v) is 4.32. The number of aryl methyl sites for hydroxylation is 2. The summed E-state index contributed by atoms with van der Waals surface area (Å²) in [5.74, 6) is -0.111. The molecule has 0 aliphatic rings. The van der Waals surface area contributed by atoms with Crippen LogP contribution in [0.1, 0.15) is 32.2 Å². The van der Waals surface area contributed by atoms with Gasteiger partial charge in [0.05, 0.1) is 15.9 Å². The van der Waals surface area contributed by atoms with Crippen molar-refractivity contribution in [2.24, 2.45) is 11.7 Å². The molecule has 0 aliphatic carbocycles. The van der Waals surface area contributed by atoms with Gasteiger partial charge in [-0.2, -0.15) is 5.10 Å². The summed E-state index contributed by atoms with van der Waals surface area (Å²) in [7, 11) is 0. The van der Waals surface area contributed by atoms with Crippen LogP contribution in [0.5, 0.6) is 0 Å². The molecule has 5 heteroatoms. The fraction of sp³-hybridized carbons (Fsp3) is 0.750. The van der Waals surface area contributed by atoms with E-state index in [-0.39, 0.29) is 12.5 Å². The number of rotatable bonds is 5. The highest BCUT2D eigenvalue weighted by molar-refractivity contribution is 9.10. The number of nitrogens with zero attached hydrogens (tertiary/aromatic N) is 2. The van der Waals surface area contributed by atoms with Gasteiger partial charge in [0.2, 0.25) is 0 Å². The molecule has 1 aromatic rings. The first-order valence-corrected chi connectivity index (χ1v) is 6.75. The summed E-state index contributed by atoms with van der Waals surface area (Å²) < 4.78 is 17.4. The van der Waals surface area contributed by atoms with Crippen LogP contribution in [0.3, 0.4) is 0 Å². The summed E-state index contributed by atoms with van der Waals surface area (Å²) >= 11 is 3.48. The van der Waals surface area contributed by atoms with Gasteiger partial charge in [-0.25, -0.2) is 4.39 Å². The first kappa shape index (κ1) is 14.6. The van der Waals surface area contributed by atoms with Crippen LogP contribution in [0, 0.1) is 12.8 Å². The molecular formula is C12H21BrFN3. The minimum absolute atomic E-state index is 0.0328. The summed E-state index contributed by atoms with van der Waals surface area (Å²) in [6.07, 6.45) is 0.302. The molecule has 0 radical (unpaired) electrons. The number of hydrogen-bond acceptors (Lipinski definition) is 2. The SMILES string of the molecule is CCn1nc(C)c(Br)c1CC(F)(CN)C(C)C. The molecule has 0 aliphatic heterocycles. The van der Waals surface area contributed by atoms with E-state index in [1.165, 1.54) is 0 Å². The Morgan fingerprint density at radius 3 is 2.53 bits per heavy atom. The largest absolute Gasteiger partial charge is 0.328 e. The van der Waals surface area contributed by atoms with Crippen LogP contribution < -0.4 is 5.73 Å². The summed E-state index contributed by atoms with van der Waals surface area (Å²) in [5.41, 5.74) is 6.00. The van der Waals surface area contributed by atoms with Gasteiger partial charge in [-0.1, -0.05) is 13.8 Å². The summed E-state index contributed by atoms with van der Waals surface area (Å²) in [4.78, 5) is 0. The molecule has 2 N–H and O–H groups in total. The Kier molecular flexibility index (Phi) is 4.72. The lowest BCUT2D eigenvalue weighted by Gasteiger charge is -2.28. The van der Waals surface area contributed by atoms with Gasteiger partial charge < -0.3 is 5.73 Å². The van der Waals surface area contributed by atoms with E-state index in [0.29, 0.717) is 6.42 Å². The van der Waals surface area contributed by atoms with E-state index < -0.39 is 5.67 Å². The van der Waals surface area contributed by atoms with Crippen LogP contribution in [-0.4, -0.2) is 22.0 Å². The molecule has 0 spiro atoms. The topological polar surface area (TPSA) is 43.8 Å². The Morgan fingerprint density at radius 2 is 2.12 bits per heavy atom. The fourth-order valence-electron chi connectivity index (χ4n) is 1.83. The monoisotopic (exact) mass is 305 g/mol. The van der Waals surface area contributed by atoms with E-state index in [0.717, 1.165) is 22.4 Å². The van der Waals surface area contributed by atoms with Gasteiger partial charge in [-0.15, -0.1) is 0 Å². The second-order valence-corrected chi connectivity index (χ2v) is 5.53. The molecule has 1 rings (SSSR count). The van der Waals surface area contributed by atoms with Gasteiger partial charge in [0.1, 0.15) is 5.67 Å². The molecular weight excluding hydrogens is 285 g/mol. The predicted molar refractivity (Wildman–Crippen MR) is 71.8 cm³/mol. The average molecular weight is 306 g/mol. The van der Waals surface area contributed by atoms with Crippen LogP contribution in [0.25, 0.3) is 0 Å². The Morgan fingerprint density at radius 1 is 1.53 bits per heavy atom. The normalized spacial score (nSPS) is 15.3. The van der Waals surface area contributed by atoms with Crippen molar-refractivity contribution >= 4 is 15.9 Å². The van der Waals surface area contributed by atoms with Crippen molar-refractivity contribution in [3.8, 4) is 0 Å². The summed E-state index contributed by atoms with van der Waals surface area (Å²) in [6, 6.07) is 0. The third kappa shape index (κ3) is 2.88. The maximum absolute atomic E-state index is 14.6. The molecule has 0 fully saturated rings. The average Bonchev–Trinajstić information content (AvgIpc) is 2.56. The quantitative estimate of drug-likeness (QED) is 0.909. The molecule has 1 unspecified atom stereocenters. The lowest BCUT2D eigenvalue weighted by molar-refractivity contribution is 0.107. The smallest absolute Gasteiger partial charge is 0.131 e. The highest BCUT2D eigenvalue weighted by atomic mass is 79.9. The van der Waals surface area contributed by atoms with E-state index in [9.17, 15) is 4.39 Å². The van der Waals surface area contributed by atoms with Crippen LogP contribution in [-0.2, 0) is 13.0 Å². The fourth-order valence-corrected chi connectivity index (χ4v) is 2.25. The van der Waals surface area contributed by atoms with E-state index >= 15 is 0 Å². The summed E-state index contributed by atoms with van der Waals surface area (Å²) in [6.45, 7) is 8.41. The van der Waals surface area contributed by atoms with Crippen LogP contribution in [0.2, 0.25) is 0 Å². The summed E-state index contributed by atoms with van der Waals surface area (Å²) in [5, 5.41) is 4.37. The van der Waals surface area contributed by atoms with Crippen molar-refractivity contribution < 1.29 is 4.39 Å². The van der Waals surface area contributed by atoms with Crippen molar-refractivity contribution in [2.75, 3.05) is 6.54 Å². The van der Waals surface area contributed by atoms with Gasteiger partial charge in [-0.05, 0) is 35.7 Å². The highest BCUT2D eigenvalue weighted by Crippen LogP contribution is 2.30. The van der Waals surface area contributed by atoms with Gasteiger partial charge >= 0.3 is 0 Å². The van der Waals surface area contributed by atoms with E-state index in [1.807, 2.05) is 32.4 Å². The molecule has 3 nitrogen and oxygen atoms in total. The zero-order valence-electron chi connectivity index (χ0n) is 10.9. The zero-order chi connectivity index (χ0) is 13.2. The molecule has 1 heterocycles. The first-order chi connectivity index (χ1) is 7.85. The number of hydrogen-bond donors (Lipinski definition) is 1. The molecule has 0 bridgehead atoms. The third-order valence-electron chi connectivity index (χ3n) is 3.29. The van der Waals surface area contributed by atoms with Crippen molar-refractivity contribution in [3.05, 3.63) is 15.9 Å². The van der Waals surface area contributed by atoms with E-state index in [2.05, 4.69) is 21.0 Å². The Bertz CT molecular complexity index is 389. The number of halogens is 2. The van der Waals surface area contributed by atoms with Crippen molar-refractivity contribution in [1.29, 1.82) is 0 Å². The second-order valence-electron chi connectivity index (χ2n) is 4.73. The molecule has 1 atom stereocenters. The van der Waals surface area contributed by atoms with Crippen molar-refractivity contribution in [1.82, 2.24) is 9.78 Å². The molecule has 0 aromatic carbocycles. The Balaban J connectivity index is 3.09. The van der Waals surface area contributed by atoms with E-state index in [1.54, 1.807) is 0 Å². The van der Waals surface area contributed by atoms with Crippen LogP contribution >= 0.6 is 15.9 Å². The maximum atomic E-state index is 14.6. The highest BCUT2D eigenvalue weighted by Gasteiger charge is 2.34. The number of nitrogens with two attached hydrogens (primary N) is 1. The molecule has 98 valence electrons. The molecule has 0 amide bonds. The first-order valence-electron chi connectivity index (χ1n) is 5.96. The molecule has 0 saturated heterocycles. The van der Waals surface area contributed by atoms with Gasteiger partial charge in [0.25, 0.3) is 0 Å². The number of alkyl halides is 1. The Hall–Kier alpha value is -0.420. The van der Waals surface area contributed by atoms with Crippen molar-refractivity contribution in [2.45, 2.75) is 46.3 Å². The standard InChI is InChI=1S/C12H21BrFN3/c1-5-17-10(11(13)9(4)16-17)6-12(14,7-15)8(2)3/h8H,5-7,15H2,1-4H3. The Labute approximate surface area is 111 Å². The van der Waals surface area contributed by atoms with E-state index in [4.69, 9.17) is 5.73 Å². The minimum Gasteiger partial charge on any atom is -0.328 e. The predicted octanol–water partition coefficient (Wildman–Crippen LogP) is 2.84. The molecule has 1 aromatic heterocycles. The lowest BCUT2D eigenvalue weighted by atomic mass is 9.87. The van der Waals surface area contributed by atoms with Gasteiger partial charge in [0.15, 0.2) is 0 Å². The maximum Gasteiger partial charge on any atom is 0.131 e. The van der Waals surface area contributed by atoms with Crippen molar-refractivity contribution in [3.63, 3.8) is 0 Å².